The van der Waals surface area contributed by atoms with E-state index in [4.69, 9.17) is 23.2 Å². The zero-order valence-electron chi connectivity index (χ0n) is 20.5. The number of rotatable bonds is 8. The van der Waals surface area contributed by atoms with E-state index in [-0.39, 0.29) is 21.4 Å². The van der Waals surface area contributed by atoms with Crippen molar-refractivity contribution in [1.29, 1.82) is 0 Å². The lowest BCUT2D eigenvalue weighted by molar-refractivity contribution is -0.117. The minimum absolute atomic E-state index is 0.0125. The molecule has 0 unspecified atom stereocenters. The molecule has 0 aliphatic heterocycles. The molecule has 5 aromatic rings. The molecule has 0 saturated carbocycles. The predicted octanol–water partition coefficient (Wildman–Crippen LogP) is 6.65. The van der Waals surface area contributed by atoms with Crippen LogP contribution >= 0.6 is 23.2 Å². The Morgan fingerprint density at radius 3 is 2.34 bits per heavy atom. The summed E-state index contributed by atoms with van der Waals surface area (Å²) in [6.45, 7) is 2.90. The molecule has 194 valence electrons. The van der Waals surface area contributed by atoms with Gasteiger partial charge in [0.1, 0.15) is 10.9 Å². The maximum Gasteiger partial charge on any atom is 0.242 e. The smallest absolute Gasteiger partial charge is 0.242 e. The Balaban J connectivity index is 1.48. The van der Waals surface area contributed by atoms with Crippen molar-refractivity contribution in [2.75, 3.05) is 5.32 Å². The molecule has 0 aliphatic carbocycles. The van der Waals surface area contributed by atoms with Gasteiger partial charge in [0.05, 0.1) is 5.02 Å². The first-order valence-electron chi connectivity index (χ1n) is 12.1. The number of benzene rings is 4. The normalized spacial score (nSPS) is 12.6. The van der Waals surface area contributed by atoms with E-state index in [0.29, 0.717) is 5.69 Å². The highest BCUT2D eigenvalue weighted by Crippen LogP contribution is 2.31. The van der Waals surface area contributed by atoms with Gasteiger partial charge in [-0.25, -0.2) is 8.42 Å². The highest BCUT2D eigenvalue weighted by Gasteiger charge is 2.28. The Morgan fingerprint density at radius 1 is 0.868 bits per heavy atom. The number of sulfonamides is 1. The highest BCUT2D eigenvalue weighted by molar-refractivity contribution is 7.89. The maximum atomic E-state index is 13.5. The molecule has 0 spiro atoms. The number of fused-ring (bicyclic) bond motifs is 3. The van der Waals surface area contributed by atoms with E-state index in [1.54, 1.807) is 0 Å². The minimum Gasteiger partial charge on any atom is -0.341 e. The van der Waals surface area contributed by atoms with Crippen molar-refractivity contribution in [1.82, 2.24) is 9.29 Å². The fourth-order valence-corrected chi connectivity index (χ4v) is 6.63. The first-order valence-corrected chi connectivity index (χ1v) is 14.3. The van der Waals surface area contributed by atoms with Crippen LogP contribution in [0.15, 0.2) is 95.9 Å². The second kappa shape index (κ2) is 10.8. The minimum atomic E-state index is -4.16. The van der Waals surface area contributed by atoms with Crippen LogP contribution in [0.1, 0.15) is 12.5 Å². The third-order valence-electron chi connectivity index (χ3n) is 6.44. The lowest BCUT2D eigenvalue weighted by atomic mass is 10.1. The van der Waals surface area contributed by atoms with Gasteiger partial charge < -0.3 is 9.88 Å². The molecular weight excluding hydrogens is 541 g/mol. The van der Waals surface area contributed by atoms with Gasteiger partial charge in [0.15, 0.2) is 0 Å². The number of hydrogen-bond acceptors (Lipinski definition) is 3. The molecule has 0 fully saturated rings. The molecule has 0 radical (unpaired) electrons. The third-order valence-corrected chi connectivity index (χ3v) is 8.62. The molecule has 1 heterocycles. The predicted molar refractivity (Wildman–Crippen MR) is 154 cm³/mol. The molecule has 1 atom stereocenters. The molecule has 0 saturated heterocycles. The maximum absolute atomic E-state index is 13.5. The van der Waals surface area contributed by atoms with Crippen LogP contribution in [0.25, 0.3) is 21.8 Å². The lowest BCUT2D eigenvalue weighted by Crippen LogP contribution is -2.45. The fourth-order valence-electron chi connectivity index (χ4n) is 4.67. The Kier molecular flexibility index (Phi) is 7.45. The van der Waals surface area contributed by atoms with Gasteiger partial charge in [-0.3, -0.25) is 4.79 Å². The van der Waals surface area contributed by atoms with Gasteiger partial charge in [-0.05, 0) is 61.4 Å². The molecule has 2 N–H and O–H groups in total. The van der Waals surface area contributed by atoms with Gasteiger partial charge >= 0.3 is 0 Å². The number of halogens is 2. The second-order valence-corrected chi connectivity index (χ2v) is 11.4. The molecule has 0 bridgehead atoms. The molecule has 38 heavy (non-hydrogen) atoms. The van der Waals surface area contributed by atoms with Crippen molar-refractivity contribution in [2.45, 2.75) is 30.8 Å². The van der Waals surface area contributed by atoms with Gasteiger partial charge in [-0.1, -0.05) is 71.7 Å². The lowest BCUT2D eigenvalue weighted by Gasteiger charge is -2.19. The summed E-state index contributed by atoms with van der Waals surface area (Å²) < 4.78 is 31.3. The number of amides is 1. The molecule has 1 amide bonds. The van der Waals surface area contributed by atoms with Crippen molar-refractivity contribution < 1.29 is 13.2 Å². The first-order chi connectivity index (χ1) is 18.3. The number of carbonyl (C=O) groups is 1. The number of nitrogens with one attached hydrogen (secondary N) is 2. The molecule has 5 rings (SSSR count). The molecule has 9 heteroatoms. The van der Waals surface area contributed by atoms with Crippen LogP contribution in [-0.4, -0.2) is 24.9 Å². The van der Waals surface area contributed by atoms with E-state index in [1.165, 1.54) is 18.2 Å². The van der Waals surface area contributed by atoms with Crippen molar-refractivity contribution in [2.24, 2.45) is 0 Å². The van der Waals surface area contributed by atoms with Crippen molar-refractivity contribution in [3.63, 3.8) is 0 Å². The Morgan fingerprint density at radius 2 is 1.58 bits per heavy atom. The number of aryl methyl sites for hydroxylation is 1. The van der Waals surface area contributed by atoms with Crippen LogP contribution in [0.3, 0.4) is 0 Å². The van der Waals surface area contributed by atoms with Crippen LogP contribution in [0, 0.1) is 0 Å². The number of nitrogens with zero attached hydrogens (tertiary/aromatic N) is 1. The van der Waals surface area contributed by atoms with E-state index in [1.807, 2.05) is 60.7 Å². The van der Waals surface area contributed by atoms with Gasteiger partial charge in [0.2, 0.25) is 15.9 Å². The van der Waals surface area contributed by atoms with Crippen molar-refractivity contribution >= 4 is 66.6 Å². The number of carbonyl (C=O) groups excluding carboxylic acids is 1. The summed E-state index contributed by atoms with van der Waals surface area (Å²) >= 11 is 12.2. The summed E-state index contributed by atoms with van der Waals surface area (Å²) in [7, 11) is -4.16. The Bertz CT molecular complexity index is 1750. The van der Waals surface area contributed by atoms with Gasteiger partial charge in [-0.2, -0.15) is 4.72 Å². The van der Waals surface area contributed by atoms with Gasteiger partial charge in [-0.15, -0.1) is 0 Å². The quantitative estimate of drug-likeness (QED) is 0.221. The summed E-state index contributed by atoms with van der Waals surface area (Å²) in [6, 6.07) is 26.1. The number of anilines is 1. The van der Waals surface area contributed by atoms with Gasteiger partial charge in [0.25, 0.3) is 0 Å². The summed E-state index contributed by atoms with van der Waals surface area (Å²) in [5.41, 5.74) is 3.54. The molecular formula is C29H25Cl2N3O3S. The largest absolute Gasteiger partial charge is 0.341 e. The highest BCUT2D eigenvalue weighted by atomic mass is 35.5. The van der Waals surface area contributed by atoms with Crippen LogP contribution in [-0.2, 0) is 27.8 Å². The number of aromatic nitrogens is 1. The SMILES string of the molecule is CCn1c2ccccc2c2cc(NC(=O)[C@H](Cc3ccccc3)NS(=O)(=O)c3cc(Cl)ccc3Cl)ccc21. The number of hydrogen-bond donors (Lipinski definition) is 2. The second-order valence-electron chi connectivity index (χ2n) is 8.92. The topological polar surface area (TPSA) is 80.2 Å². The molecule has 4 aromatic carbocycles. The summed E-state index contributed by atoms with van der Waals surface area (Å²) in [5, 5.41) is 5.23. The fraction of sp³-hybridized carbons (Fsp3) is 0.138. The average molecular weight is 567 g/mol. The molecule has 0 aliphatic rings. The summed E-state index contributed by atoms with van der Waals surface area (Å²) in [4.78, 5) is 13.3. The summed E-state index contributed by atoms with van der Waals surface area (Å²) in [5.74, 6) is -0.492. The third kappa shape index (κ3) is 5.28. The summed E-state index contributed by atoms with van der Waals surface area (Å²) in [6.07, 6.45) is 0.140. The van der Waals surface area contributed by atoms with E-state index in [0.717, 1.165) is 33.9 Å². The van der Waals surface area contributed by atoms with Crippen LogP contribution < -0.4 is 10.0 Å². The zero-order valence-corrected chi connectivity index (χ0v) is 22.8. The Labute approximate surface area is 231 Å². The first kappa shape index (κ1) is 26.3. The Hall–Kier alpha value is -3.36. The monoisotopic (exact) mass is 565 g/mol. The van der Waals surface area contributed by atoms with E-state index < -0.39 is 22.0 Å². The van der Waals surface area contributed by atoms with Crippen LogP contribution in [0.4, 0.5) is 5.69 Å². The van der Waals surface area contributed by atoms with Crippen LogP contribution in [0.5, 0.6) is 0 Å². The standard InChI is InChI=1S/C29H25Cl2N3O3S/c1-2-34-26-11-7-6-10-22(26)23-18-21(13-15-27(23)34)32-29(35)25(16-19-8-4-3-5-9-19)33-38(36,37)28-17-20(30)12-14-24(28)31/h3-15,17-18,25,33H,2,16H2,1H3,(H,32,35)/t25-/m0/s1. The van der Waals surface area contributed by atoms with Crippen molar-refractivity contribution in [3.8, 4) is 0 Å². The number of para-hydroxylation sites is 1. The van der Waals surface area contributed by atoms with E-state index in [2.05, 4.69) is 33.7 Å². The van der Waals surface area contributed by atoms with Crippen LogP contribution in [0.2, 0.25) is 10.0 Å². The molecule has 6 nitrogen and oxygen atoms in total. The zero-order chi connectivity index (χ0) is 26.9. The van der Waals surface area contributed by atoms with Gasteiger partial charge in [0, 0.05) is 39.1 Å². The molecule has 1 aromatic heterocycles. The van der Waals surface area contributed by atoms with Crippen molar-refractivity contribution in [3.05, 3.63) is 107 Å². The van der Waals surface area contributed by atoms with E-state index >= 15 is 0 Å². The average Bonchev–Trinajstić information content (AvgIpc) is 3.23. The van der Waals surface area contributed by atoms with E-state index in [9.17, 15) is 13.2 Å².